The molecule has 0 aromatic heterocycles. The third-order valence-electron chi connectivity index (χ3n) is 3.26. The molecule has 0 fully saturated rings. The Labute approximate surface area is 121 Å². The molecular weight excluding hydrogens is 254 g/mol. The largest absolute Gasteiger partial charge is 0.399 e. The summed E-state index contributed by atoms with van der Waals surface area (Å²) >= 11 is 0. The summed E-state index contributed by atoms with van der Waals surface area (Å²) in [4.78, 5) is 14.1. The molecule has 1 aromatic rings. The van der Waals surface area contributed by atoms with Gasteiger partial charge < -0.3 is 15.8 Å². The molecule has 0 bridgehead atoms. The molecule has 1 unspecified atom stereocenters. The normalized spacial score (nSPS) is 12.4. The van der Waals surface area contributed by atoms with Crippen molar-refractivity contribution in [2.45, 2.75) is 26.3 Å². The lowest BCUT2D eigenvalue weighted by molar-refractivity contribution is -0.116. The van der Waals surface area contributed by atoms with Crippen molar-refractivity contribution in [3.05, 3.63) is 24.3 Å². The fourth-order valence-electron chi connectivity index (χ4n) is 2.07. The van der Waals surface area contributed by atoms with Gasteiger partial charge in [-0.15, -0.1) is 0 Å². The molecule has 1 rings (SSSR count). The lowest BCUT2D eigenvalue weighted by Gasteiger charge is -2.26. The Morgan fingerprint density at radius 2 is 2.05 bits per heavy atom. The minimum absolute atomic E-state index is 0.0119. The van der Waals surface area contributed by atoms with Gasteiger partial charge in [0.25, 0.3) is 0 Å². The molecule has 1 aromatic carbocycles. The maximum atomic E-state index is 11.9. The maximum absolute atomic E-state index is 11.9. The number of nitrogens with zero attached hydrogens (tertiary/aromatic N) is 1. The van der Waals surface area contributed by atoms with E-state index in [0.29, 0.717) is 24.8 Å². The Bertz CT molecular complexity index is 406. The van der Waals surface area contributed by atoms with Gasteiger partial charge in [-0.3, -0.25) is 9.69 Å². The van der Waals surface area contributed by atoms with Gasteiger partial charge in [0, 0.05) is 37.5 Å². The molecule has 0 saturated carbocycles. The van der Waals surface area contributed by atoms with E-state index in [2.05, 4.69) is 24.1 Å². The number of carbonyl (C=O) groups is 1. The lowest BCUT2D eigenvalue weighted by atomic mass is 10.2. The van der Waals surface area contributed by atoms with Crippen LogP contribution in [-0.2, 0) is 9.53 Å². The molecule has 1 atom stereocenters. The summed E-state index contributed by atoms with van der Waals surface area (Å²) in [5.74, 6) is 0.0119. The fraction of sp³-hybridized carbons (Fsp3) is 0.533. The van der Waals surface area contributed by atoms with Gasteiger partial charge in [-0.2, -0.15) is 0 Å². The zero-order valence-electron chi connectivity index (χ0n) is 12.6. The molecule has 0 aliphatic carbocycles. The summed E-state index contributed by atoms with van der Waals surface area (Å²) in [6.45, 7) is 6.49. The number of hydrogen-bond acceptors (Lipinski definition) is 4. The number of hydrogen-bond donors (Lipinski definition) is 2. The SMILES string of the molecule is CCN(CCC(=O)Nc1ccc(N)cc1)C(C)COC. The first-order valence-electron chi connectivity index (χ1n) is 6.95. The van der Waals surface area contributed by atoms with Crippen molar-refractivity contribution < 1.29 is 9.53 Å². The van der Waals surface area contributed by atoms with E-state index in [4.69, 9.17) is 10.5 Å². The predicted octanol–water partition coefficient (Wildman–Crippen LogP) is 1.95. The highest BCUT2D eigenvalue weighted by molar-refractivity contribution is 5.90. The second-order valence-electron chi connectivity index (χ2n) is 4.85. The molecule has 3 N–H and O–H groups in total. The molecule has 5 heteroatoms. The van der Waals surface area contributed by atoms with Crippen LogP contribution in [0.4, 0.5) is 11.4 Å². The standard InChI is InChI=1S/C15H25N3O2/c1-4-18(12(2)11-20-3)10-9-15(19)17-14-7-5-13(16)6-8-14/h5-8,12H,4,9-11,16H2,1-3H3,(H,17,19). The molecule has 0 heterocycles. The predicted molar refractivity (Wildman–Crippen MR) is 82.7 cm³/mol. The highest BCUT2D eigenvalue weighted by Gasteiger charge is 2.13. The number of anilines is 2. The molecule has 20 heavy (non-hydrogen) atoms. The highest BCUT2D eigenvalue weighted by Crippen LogP contribution is 2.11. The van der Waals surface area contributed by atoms with Crippen LogP contribution in [0.1, 0.15) is 20.3 Å². The zero-order chi connectivity index (χ0) is 15.0. The van der Waals surface area contributed by atoms with Crippen molar-refractivity contribution in [1.82, 2.24) is 4.90 Å². The van der Waals surface area contributed by atoms with E-state index in [1.54, 1.807) is 31.4 Å². The quantitative estimate of drug-likeness (QED) is 0.714. The second kappa shape index (κ2) is 8.55. The number of carbonyl (C=O) groups excluding carboxylic acids is 1. The lowest BCUT2D eigenvalue weighted by Crippen LogP contribution is -2.38. The number of nitrogens with one attached hydrogen (secondary N) is 1. The number of rotatable bonds is 8. The van der Waals surface area contributed by atoms with Crippen LogP contribution in [0.3, 0.4) is 0 Å². The number of methoxy groups -OCH3 is 1. The van der Waals surface area contributed by atoms with Gasteiger partial charge in [-0.05, 0) is 37.7 Å². The first-order valence-corrected chi connectivity index (χ1v) is 6.95. The van der Waals surface area contributed by atoms with Crippen molar-refractivity contribution >= 4 is 17.3 Å². The van der Waals surface area contributed by atoms with Crippen LogP contribution in [0.15, 0.2) is 24.3 Å². The summed E-state index contributed by atoms with van der Waals surface area (Å²) in [7, 11) is 1.69. The van der Waals surface area contributed by atoms with Gasteiger partial charge >= 0.3 is 0 Å². The van der Waals surface area contributed by atoms with Crippen molar-refractivity contribution in [3.8, 4) is 0 Å². The van der Waals surface area contributed by atoms with Crippen LogP contribution in [0.2, 0.25) is 0 Å². The van der Waals surface area contributed by atoms with E-state index in [0.717, 1.165) is 18.8 Å². The van der Waals surface area contributed by atoms with Gasteiger partial charge in [0.15, 0.2) is 0 Å². The Balaban J connectivity index is 2.40. The Morgan fingerprint density at radius 3 is 2.60 bits per heavy atom. The van der Waals surface area contributed by atoms with Gasteiger partial charge in [-0.1, -0.05) is 6.92 Å². The third-order valence-corrected chi connectivity index (χ3v) is 3.26. The topological polar surface area (TPSA) is 67.6 Å². The molecular formula is C15H25N3O2. The smallest absolute Gasteiger partial charge is 0.225 e. The minimum Gasteiger partial charge on any atom is -0.399 e. The summed E-state index contributed by atoms with van der Waals surface area (Å²) in [6, 6.07) is 7.47. The van der Waals surface area contributed by atoms with E-state index in [9.17, 15) is 4.79 Å². The van der Waals surface area contributed by atoms with Gasteiger partial charge in [0.2, 0.25) is 5.91 Å². The number of amides is 1. The van der Waals surface area contributed by atoms with Gasteiger partial charge in [0.1, 0.15) is 0 Å². The van der Waals surface area contributed by atoms with Crippen LogP contribution < -0.4 is 11.1 Å². The van der Waals surface area contributed by atoms with Gasteiger partial charge in [0.05, 0.1) is 6.61 Å². The van der Waals surface area contributed by atoms with E-state index >= 15 is 0 Å². The Kier molecular flexibility index (Phi) is 7.04. The average Bonchev–Trinajstić information content (AvgIpc) is 2.42. The van der Waals surface area contributed by atoms with Crippen LogP contribution in [0, 0.1) is 0 Å². The van der Waals surface area contributed by atoms with Gasteiger partial charge in [-0.25, -0.2) is 0 Å². The zero-order valence-corrected chi connectivity index (χ0v) is 12.6. The first-order chi connectivity index (χ1) is 9.56. The first kappa shape index (κ1) is 16.5. The number of ether oxygens (including phenoxy) is 1. The van der Waals surface area contributed by atoms with Crippen molar-refractivity contribution in [3.63, 3.8) is 0 Å². The average molecular weight is 279 g/mol. The van der Waals surface area contributed by atoms with E-state index in [-0.39, 0.29) is 5.91 Å². The van der Waals surface area contributed by atoms with E-state index < -0.39 is 0 Å². The minimum atomic E-state index is 0.0119. The van der Waals surface area contributed by atoms with E-state index in [1.165, 1.54) is 0 Å². The van der Waals surface area contributed by atoms with Crippen LogP contribution in [0.5, 0.6) is 0 Å². The van der Waals surface area contributed by atoms with Crippen molar-refractivity contribution in [2.75, 3.05) is 37.9 Å². The summed E-state index contributed by atoms with van der Waals surface area (Å²) in [5.41, 5.74) is 7.07. The number of nitrogens with two attached hydrogens (primary N) is 1. The third kappa shape index (κ3) is 5.59. The molecule has 0 aliphatic rings. The number of nitrogen functional groups attached to an aromatic ring is 1. The summed E-state index contributed by atoms with van der Waals surface area (Å²) < 4.78 is 5.15. The molecule has 0 spiro atoms. The molecule has 5 nitrogen and oxygen atoms in total. The second-order valence-corrected chi connectivity index (χ2v) is 4.85. The Hall–Kier alpha value is -1.59. The summed E-state index contributed by atoms with van der Waals surface area (Å²) in [5, 5.41) is 2.87. The van der Waals surface area contributed by atoms with Crippen LogP contribution in [0.25, 0.3) is 0 Å². The molecule has 112 valence electrons. The Morgan fingerprint density at radius 1 is 1.40 bits per heavy atom. The van der Waals surface area contributed by atoms with Crippen molar-refractivity contribution in [1.29, 1.82) is 0 Å². The fourth-order valence-corrected chi connectivity index (χ4v) is 2.07. The molecule has 0 radical (unpaired) electrons. The number of likely N-dealkylation sites (N-methyl/N-ethyl adjacent to an activating group) is 1. The van der Waals surface area contributed by atoms with Crippen LogP contribution in [-0.4, -0.2) is 43.7 Å². The molecule has 0 saturated heterocycles. The monoisotopic (exact) mass is 279 g/mol. The summed E-state index contributed by atoms with van der Waals surface area (Å²) in [6.07, 6.45) is 0.465. The maximum Gasteiger partial charge on any atom is 0.225 e. The highest BCUT2D eigenvalue weighted by atomic mass is 16.5. The molecule has 1 amide bonds. The molecule has 0 aliphatic heterocycles. The van der Waals surface area contributed by atoms with E-state index in [1.807, 2.05) is 0 Å². The van der Waals surface area contributed by atoms with Crippen molar-refractivity contribution in [2.24, 2.45) is 0 Å². The number of benzene rings is 1. The van der Waals surface area contributed by atoms with Crippen LogP contribution >= 0.6 is 0 Å².